The van der Waals surface area contributed by atoms with Gasteiger partial charge in [0.2, 0.25) is 5.91 Å². The quantitative estimate of drug-likeness (QED) is 0.0190. The van der Waals surface area contributed by atoms with Gasteiger partial charge in [-0.1, -0.05) is 257 Å². The fraction of sp³-hybridized carbons (Fsp3) is 0.671. The SMILES string of the molecule is CCCCCCCCCCCCCC=C[C@@H](OC(=O)c1ccccc1)[C@H](CO[C@H]1O[C@H](CO[Si](C)(C)C(C)(C)C)[C@@H](OC(=O)c2ccccc2)[C@H](OC(=O)c2ccccc2)[C@@H]1O[Si](C)(C)C(C)(C)C)NC(=O)CCCCCCCCCCCCCCC. The Labute approximate surface area is 529 Å². The van der Waals surface area contributed by atoms with E-state index in [1.165, 1.54) is 109 Å². The van der Waals surface area contributed by atoms with Gasteiger partial charge in [0, 0.05) is 6.42 Å². The molecule has 488 valence electrons. The number of allylic oxidation sites excluding steroid dienone is 1. The number of ether oxygens (including phenoxy) is 5. The lowest BCUT2D eigenvalue weighted by atomic mass is 9.98. The van der Waals surface area contributed by atoms with Crippen LogP contribution >= 0.6 is 0 Å². The Kier molecular flexibility index (Phi) is 34.8. The molecule has 4 rings (SSSR count). The van der Waals surface area contributed by atoms with Crippen LogP contribution in [0.25, 0.3) is 0 Å². The van der Waals surface area contributed by atoms with Gasteiger partial charge in [0.15, 0.2) is 35.1 Å². The minimum absolute atomic E-state index is 0.0341. The number of carbonyl (C=O) groups is 4. The van der Waals surface area contributed by atoms with Crippen LogP contribution in [0.5, 0.6) is 0 Å². The molecule has 0 saturated carbocycles. The maximum absolute atomic E-state index is 14.6. The van der Waals surface area contributed by atoms with Gasteiger partial charge < -0.3 is 37.9 Å². The molecule has 1 amide bonds. The lowest BCUT2D eigenvalue weighted by Gasteiger charge is -2.49. The highest BCUT2D eigenvalue weighted by atomic mass is 28.4. The first kappa shape index (κ1) is 75.0. The van der Waals surface area contributed by atoms with Gasteiger partial charge in [-0.2, -0.15) is 0 Å². The third-order valence-corrected chi connectivity index (χ3v) is 27.0. The van der Waals surface area contributed by atoms with Crippen molar-refractivity contribution in [2.24, 2.45) is 0 Å². The number of rotatable bonds is 43. The highest BCUT2D eigenvalue weighted by molar-refractivity contribution is 6.74. The number of carbonyl (C=O) groups excluding carboxylic acids is 4. The van der Waals surface area contributed by atoms with Crippen molar-refractivity contribution in [1.82, 2.24) is 5.32 Å². The summed E-state index contributed by atoms with van der Waals surface area (Å²) in [5, 5.41) is 2.72. The van der Waals surface area contributed by atoms with Crippen molar-refractivity contribution in [2.75, 3.05) is 13.2 Å². The number of hydrogen-bond donors (Lipinski definition) is 1. The Morgan fingerprint density at radius 3 is 1.36 bits per heavy atom. The molecule has 7 atom stereocenters. The molecule has 0 bridgehead atoms. The zero-order valence-corrected chi connectivity index (χ0v) is 58.1. The maximum atomic E-state index is 14.6. The van der Waals surface area contributed by atoms with Crippen LogP contribution in [0.1, 0.15) is 253 Å². The summed E-state index contributed by atoms with van der Waals surface area (Å²) in [6.45, 7) is 25.5. The van der Waals surface area contributed by atoms with Crippen molar-refractivity contribution in [1.29, 1.82) is 0 Å². The number of unbranched alkanes of at least 4 members (excludes halogenated alkanes) is 23. The fourth-order valence-corrected chi connectivity index (χ4v) is 12.6. The predicted octanol–water partition coefficient (Wildman–Crippen LogP) is 19.0. The van der Waals surface area contributed by atoms with Gasteiger partial charge in [-0.15, -0.1) is 0 Å². The Morgan fingerprint density at radius 1 is 0.517 bits per heavy atom. The van der Waals surface area contributed by atoms with E-state index in [0.717, 1.165) is 44.9 Å². The Morgan fingerprint density at radius 2 is 0.920 bits per heavy atom. The maximum Gasteiger partial charge on any atom is 0.338 e. The standard InChI is InChI=1S/C73H117NO11Si2/c1-13-15-17-19-21-23-25-27-29-31-33-35-46-54-62(81-68(76)58-48-40-37-41-49-58)61(74-64(75)55-47-36-34-32-30-28-26-24-22-20-18-16-14-2)56-79-71-67(85-87(11,12)73(6,7)8)66(84-70(78)60-52-44-39-45-53-60)65(83-69(77)59-50-42-38-43-51-59)63(82-71)57-80-86(9,10)72(3,4)5/h37-46,48-54,61-63,65-67,71H,13-36,47,55-57H2,1-12H3,(H,74,75)/t61-,62+,63+,65+,66-,67-,71-/m0/s1. The van der Waals surface area contributed by atoms with E-state index in [4.69, 9.17) is 32.5 Å². The molecule has 1 N–H and O–H groups in total. The monoisotopic (exact) mass is 1240 g/mol. The summed E-state index contributed by atoms with van der Waals surface area (Å²) in [4.78, 5) is 57.5. The first-order valence-corrected chi connectivity index (χ1v) is 39.7. The van der Waals surface area contributed by atoms with E-state index >= 15 is 0 Å². The van der Waals surface area contributed by atoms with E-state index in [9.17, 15) is 19.2 Å². The van der Waals surface area contributed by atoms with Gasteiger partial charge >= 0.3 is 17.9 Å². The van der Waals surface area contributed by atoms with Crippen molar-refractivity contribution in [3.05, 3.63) is 120 Å². The molecule has 1 heterocycles. The zero-order valence-electron chi connectivity index (χ0n) is 56.1. The average molecular weight is 1240 g/mol. The third-order valence-electron chi connectivity index (χ3n) is 18.0. The molecule has 1 fully saturated rings. The van der Waals surface area contributed by atoms with Gasteiger partial charge in [0.05, 0.1) is 35.9 Å². The molecule has 12 nitrogen and oxygen atoms in total. The van der Waals surface area contributed by atoms with E-state index in [0.29, 0.717) is 23.1 Å². The van der Waals surface area contributed by atoms with Crippen LogP contribution < -0.4 is 5.32 Å². The molecule has 0 aromatic heterocycles. The predicted molar refractivity (Wildman–Crippen MR) is 359 cm³/mol. The highest BCUT2D eigenvalue weighted by Gasteiger charge is 2.55. The van der Waals surface area contributed by atoms with Crippen molar-refractivity contribution in [2.45, 2.75) is 301 Å². The Bertz CT molecular complexity index is 2390. The molecule has 87 heavy (non-hydrogen) atoms. The van der Waals surface area contributed by atoms with E-state index in [-0.39, 0.29) is 35.6 Å². The van der Waals surface area contributed by atoms with Gasteiger partial charge in [-0.3, -0.25) is 4.79 Å². The Hall–Kier alpha value is -4.45. The molecule has 1 saturated heterocycles. The summed E-state index contributed by atoms with van der Waals surface area (Å²) in [5.74, 6) is -2.01. The smallest absolute Gasteiger partial charge is 0.338 e. The lowest BCUT2D eigenvalue weighted by Crippen LogP contribution is -2.66. The third kappa shape index (κ3) is 28.1. The number of nitrogens with one attached hydrogen (secondary N) is 1. The highest BCUT2D eigenvalue weighted by Crippen LogP contribution is 2.42. The molecule has 0 aliphatic carbocycles. The van der Waals surface area contributed by atoms with Crippen LogP contribution in [0.3, 0.4) is 0 Å². The largest absolute Gasteiger partial charge is 0.452 e. The number of benzene rings is 3. The first-order chi connectivity index (χ1) is 41.6. The number of amides is 1. The molecule has 0 spiro atoms. The van der Waals surface area contributed by atoms with E-state index in [1.54, 1.807) is 72.8 Å². The molecule has 0 unspecified atom stereocenters. The van der Waals surface area contributed by atoms with E-state index in [2.05, 4.69) is 93.0 Å². The second kappa shape index (κ2) is 40.3. The van der Waals surface area contributed by atoms with Crippen LogP contribution in [0.15, 0.2) is 103 Å². The second-order valence-corrected chi connectivity index (χ2v) is 37.0. The van der Waals surface area contributed by atoms with Crippen LogP contribution in [0, 0.1) is 0 Å². The minimum atomic E-state index is -2.85. The average Bonchev–Trinajstić information content (AvgIpc) is 1.24. The summed E-state index contributed by atoms with van der Waals surface area (Å²) in [5.41, 5.74) is 0.977. The van der Waals surface area contributed by atoms with Gasteiger partial charge in [-0.25, -0.2) is 14.4 Å². The molecule has 1 aliphatic rings. The van der Waals surface area contributed by atoms with Crippen LogP contribution in [0.4, 0.5) is 0 Å². The van der Waals surface area contributed by atoms with Gasteiger partial charge in [0.25, 0.3) is 0 Å². The topological polar surface area (TPSA) is 145 Å². The normalized spacial score (nSPS) is 18.3. The molecule has 14 heteroatoms. The molecule has 1 aliphatic heterocycles. The summed E-state index contributed by atoms with van der Waals surface area (Å²) >= 11 is 0. The Balaban J connectivity index is 1.74. The fourth-order valence-electron chi connectivity index (χ4n) is 10.3. The van der Waals surface area contributed by atoms with Crippen molar-refractivity contribution < 1.29 is 51.7 Å². The molecular formula is C73H117NO11Si2. The minimum Gasteiger partial charge on any atom is -0.452 e. The molecule has 3 aromatic carbocycles. The van der Waals surface area contributed by atoms with Gasteiger partial charge in [-0.05, 0) is 98.0 Å². The first-order valence-electron chi connectivity index (χ1n) is 33.9. The number of hydrogen-bond acceptors (Lipinski definition) is 11. The van der Waals surface area contributed by atoms with Crippen LogP contribution in [0.2, 0.25) is 36.3 Å². The summed E-state index contributed by atoms with van der Waals surface area (Å²) in [6, 6.07) is 25.4. The molecule has 3 aromatic rings. The second-order valence-electron chi connectivity index (χ2n) is 27.4. The van der Waals surface area contributed by atoms with Crippen LogP contribution in [-0.4, -0.2) is 96.5 Å². The van der Waals surface area contributed by atoms with Crippen LogP contribution in [-0.2, 0) is 37.3 Å². The lowest BCUT2D eigenvalue weighted by molar-refractivity contribution is -0.297. The molecular weight excluding hydrogens is 1120 g/mol. The van der Waals surface area contributed by atoms with E-state index in [1.807, 2.05) is 24.3 Å². The number of esters is 3. The van der Waals surface area contributed by atoms with Crippen molar-refractivity contribution in [3.63, 3.8) is 0 Å². The summed E-state index contributed by atoms with van der Waals surface area (Å²) in [7, 11) is -5.36. The zero-order chi connectivity index (χ0) is 63.6. The van der Waals surface area contributed by atoms with Crippen molar-refractivity contribution in [3.8, 4) is 0 Å². The van der Waals surface area contributed by atoms with Gasteiger partial charge in [0.1, 0.15) is 18.3 Å². The van der Waals surface area contributed by atoms with E-state index < -0.39 is 77.4 Å². The summed E-state index contributed by atoms with van der Waals surface area (Å²) in [6.07, 6.45) is 27.0. The van der Waals surface area contributed by atoms with Crippen molar-refractivity contribution >= 4 is 40.4 Å². The molecule has 0 radical (unpaired) electrons. The summed E-state index contributed by atoms with van der Waals surface area (Å²) < 4.78 is 48.1.